The first kappa shape index (κ1) is 18.8. The minimum atomic E-state index is -0.964. The first-order chi connectivity index (χ1) is 13.2. The van der Waals surface area contributed by atoms with E-state index in [1.165, 1.54) is 0 Å². The highest BCUT2D eigenvalue weighted by atomic mass is 16.3. The molecule has 4 fully saturated rings. The topological polar surface area (TPSA) is 57.5 Å². The molecule has 7 atom stereocenters. The van der Waals surface area contributed by atoms with Gasteiger partial charge < -0.3 is 10.2 Å². The summed E-state index contributed by atoms with van der Waals surface area (Å²) in [6.07, 6.45) is 7.69. The molecule has 0 aliphatic heterocycles. The molecule has 3 nitrogen and oxygen atoms in total. The fourth-order valence-electron chi connectivity index (χ4n) is 8.21. The second-order valence-corrected chi connectivity index (χ2v) is 10.8. The van der Waals surface area contributed by atoms with Crippen LogP contribution in [0.3, 0.4) is 0 Å². The smallest absolute Gasteiger partial charge is 0.133 e. The van der Waals surface area contributed by atoms with Gasteiger partial charge >= 0.3 is 0 Å². The Morgan fingerprint density at radius 1 is 0.893 bits per heavy atom. The van der Waals surface area contributed by atoms with Crippen molar-refractivity contribution in [1.82, 2.24) is 0 Å². The van der Waals surface area contributed by atoms with Crippen molar-refractivity contribution in [1.29, 1.82) is 0 Å². The molecule has 4 aliphatic rings. The first-order valence-corrected chi connectivity index (χ1v) is 11.3. The summed E-state index contributed by atoms with van der Waals surface area (Å²) in [6.45, 7) is 4.54. The number of aliphatic hydroxyl groups is 2. The van der Waals surface area contributed by atoms with Crippen molar-refractivity contribution in [2.75, 3.05) is 0 Å². The predicted molar refractivity (Wildman–Crippen MR) is 109 cm³/mol. The molecule has 4 aliphatic carbocycles. The van der Waals surface area contributed by atoms with E-state index in [1.807, 2.05) is 30.3 Å². The second-order valence-electron chi connectivity index (χ2n) is 10.8. The van der Waals surface area contributed by atoms with Crippen LogP contribution in [0.25, 0.3) is 0 Å². The number of Topliss-reactive ketones (excluding diaryl/α,β-unsaturated/α-hetero) is 1. The Morgan fingerprint density at radius 3 is 2.39 bits per heavy atom. The van der Waals surface area contributed by atoms with Crippen molar-refractivity contribution in [3.05, 3.63) is 35.9 Å². The molecule has 2 N–H and O–H groups in total. The Kier molecular flexibility index (Phi) is 3.98. The Balaban J connectivity index is 1.53. The zero-order chi connectivity index (χ0) is 19.8. The van der Waals surface area contributed by atoms with Crippen molar-refractivity contribution in [2.45, 2.75) is 82.8 Å². The highest BCUT2D eigenvalue weighted by Gasteiger charge is 2.71. The third-order valence-electron chi connectivity index (χ3n) is 10.1. The summed E-state index contributed by atoms with van der Waals surface area (Å²) in [4.78, 5) is 12.1. The predicted octanol–water partition coefficient (Wildman–Crippen LogP) is 4.60. The largest absolute Gasteiger partial charge is 0.389 e. The van der Waals surface area contributed by atoms with Crippen LogP contribution >= 0.6 is 0 Å². The van der Waals surface area contributed by atoms with Gasteiger partial charge in [-0.1, -0.05) is 44.2 Å². The Labute approximate surface area is 168 Å². The van der Waals surface area contributed by atoms with Gasteiger partial charge in [0.1, 0.15) is 5.78 Å². The number of carbonyl (C=O) groups excluding carboxylic acids is 1. The van der Waals surface area contributed by atoms with E-state index in [4.69, 9.17) is 0 Å². The number of rotatable bonds is 1. The molecule has 4 saturated carbocycles. The van der Waals surface area contributed by atoms with Crippen LogP contribution in [0.15, 0.2) is 30.3 Å². The highest BCUT2D eigenvalue weighted by Crippen LogP contribution is 2.71. The summed E-state index contributed by atoms with van der Waals surface area (Å²) >= 11 is 0. The van der Waals surface area contributed by atoms with Gasteiger partial charge in [0.15, 0.2) is 0 Å². The van der Waals surface area contributed by atoms with Gasteiger partial charge in [-0.3, -0.25) is 4.79 Å². The van der Waals surface area contributed by atoms with Crippen molar-refractivity contribution >= 4 is 5.78 Å². The van der Waals surface area contributed by atoms with E-state index in [9.17, 15) is 15.0 Å². The van der Waals surface area contributed by atoms with E-state index < -0.39 is 16.6 Å². The van der Waals surface area contributed by atoms with Crippen molar-refractivity contribution < 1.29 is 15.0 Å². The summed E-state index contributed by atoms with van der Waals surface area (Å²) in [5.41, 5.74) is -1.18. The minimum Gasteiger partial charge on any atom is -0.389 e. The Morgan fingerprint density at radius 2 is 1.64 bits per heavy atom. The van der Waals surface area contributed by atoms with Gasteiger partial charge in [-0.05, 0) is 73.7 Å². The van der Waals surface area contributed by atoms with E-state index in [-0.39, 0.29) is 11.3 Å². The van der Waals surface area contributed by atoms with Gasteiger partial charge in [-0.15, -0.1) is 0 Å². The maximum atomic E-state index is 12.2. The summed E-state index contributed by atoms with van der Waals surface area (Å²) in [5, 5.41) is 24.1. The molecule has 0 amide bonds. The molecule has 152 valence electrons. The molecule has 28 heavy (non-hydrogen) atoms. The number of hydrogen-bond acceptors (Lipinski definition) is 3. The van der Waals surface area contributed by atoms with E-state index in [0.29, 0.717) is 36.9 Å². The summed E-state index contributed by atoms with van der Waals surface area (Å²) in [7, 11) is 0. The number of hydrogen-bond donors (Lipinski definition) is 2. The lowest BCUT2D eigenvalue weighted by molar-refractivity contribution is -0.235. The molecule has 2 unspecified atom stereocenters. The zero-order valence-electron chi connectivity index (χ0n) is 17.3. The number of benzene rings is 1. The zero-order valence-corrected chi connectivity index (χ0v) is 17.3. The van der Waals surface area contributed by atoms with E-state index in [1.54, 1.807) is 0 Å². The van der Waals surface area contributed by atoms with Crippen molar-refractivity contribution in [3.63, 3.8) is 0 Å². The second kappa shape index (κ2) is 5.92. The molecule has 3 heteroatoms. The molecule has 5 rings (SSSR count). The molecule has 0 aromatic heterocycles. The van der Waals surface area contributed by atoms with Crippen LogP contribution in [0.5, 0.6) is 0 Å². The quantitative estimate of drug-likeness (QED) is 0.746. The minimum absolute atomic E-state index is 0.168. The number of fused-ring (bicyclic) bond motifs is 5. The van der Waals surface area contributed by atoms with Crippen LogP contribution in [0.1, 0.15) is 77.2 Å². The van der Waals surface area contributed by atoms with Crippen molar-refractivity contribution in [3.8, 4) is 0 Å². The third-order valence-corrected chi connectivity index (χ3v) is 10.1. The third kappa shape index (κ3) is 2.15. The Bertz CT molecular complexity index is 790. The molecule has 0 radical (unpaired) electrons. The van der Waals surface area contributed by atoms with Crippen LogP contribution in [-0.2, 0) is 10.4 Å². The maximum Gasteiger partial charge on any atom is 0.133 e. The molecule has 0 bridgehead atoms. The monoisotopic (exact) mass is 382 g/mol. The van der Waals surface area contributed by atoms with Gasteiger partial charge in [0.2, 0.25) is 0 Å². The Hall–Kier alpha value is -1.19. The molecule has 1 aromatic carbocycles. The molecular weight excluding hydrogens is 348 g/mol. The standard InChI is InChI=1S/C25H34O3/c1-22-12-10-19(26)16-18(22)8-9-21-20(22)11-13-23(2)24(27,14-15-25(21,23)28)17-6-4-3-5-7-17/h3-7,18,20-21,27-28H,8-16H2,1-2H3/t18?,20-,21-,22+,23-,24?,25-/m1/s1. The first-order valence-electron chi connectivity index (χ1n) is 11.3. The number of carbonyl (C=O) groups is 1. The van der Waals surface area contributed by atoms with E-state index >= 15 is 0 Å². The van der Waals surface area contributed by atoms with Gasteiger partial charge in [-0.2, -0.15) is 0 Å². The molecular formula is C25H34O3. The van der Waals surface area contributed by atoms with E-state index in [2.05, 4.69) is 13.8 Å². The lowest BCUT2D eigenvalue weighted by Crippen LogP contribution is -2.64. The maximum absolute atomic E-state index is 12.2. The average molecular weight is 383 g/mol. The van der Waals surface area contributed by atoms with E-state index in [0.717, 1.165) is 44.1 Å². The van der Waals surface area contributed by atoms with Crippen LogP contribution in [0.2, 0.25) is 0 Å². The average Bonchev–Trinajstić information content (AvgIpc) is 2.91. The highest BCUT2D eigenvalue weighted by molar-refractivity contribution is 5.79. The fourth-order valence-corrected chi connectivity index (χ4v) is 8.21. The van der Waals surface area contributed by atoms with Gasteiger partial charge in [-0.25, -0.2) is 0 Å². The van der Waals surface area contributed by atoms with Crippen LogP contribution in [-0.4, -0.2) is 21.6 Å². The van der Waals surface area contributed by atoms with Gasteiger partial charge in [0, 0.05) is 18.3 Å². The molecule has 0 spiro atoms. The van der Waals surface area contributed by atoms with Gasteiger partial charge in [0.25, 0.3) is 0 Å². The lowest BCUT2D eigenvalue weighted by atomic mass is 9.43. The van der Waals surface area contributed by atoms with Crippen LogP contribution in [0.4, 0.5) is 0 Å². The molecule has 1 aromatic rings. The summed E-state index contributed by atoms with van der Waals surface area (Å²) in [5.74, 6) is 1.62. The van der Waals surface area contributed by atoms with Gasteiger partial charge in [0.05, 0.1) is 11.2 Å². The van der Waals surface area contributed by atoms with Crippen LogP contribution < -0.4 is 0 Å². The normalized spacial score (nSPS) is 50.6. The lowest BCUT2D eigenvalue weighted by Gasteiger charge is -2.64. The SMILES string of the molecule is C[C@]12CCC(=O)CC1CC[C@@H]1[C@H]2CC[C@]2(C)C(O)(c3ccccc3)CC[C@@]12O. The van der Waals surface area contributed by atoms with Crippen LogP contribution in [0, 0.1) is 28.6 Å². The van der Waals surface area contributed by atoms with Crippen molar-refractivity contribution in [2.24, 2.45) is 28.6 Å². The fraction of sp³-hybridized carbons (Fsp3) is 0.720. The molecule has 0 heterocycles. The molecule has 0 saturated heterocycles. The summed E-state index contributed by atoms with van der Waals surface area (Å²) in [6, 6.07) is 10.0. The summed E-state index contributed by atoms with van der Waals surface area (Å²) < 4.78 is 0. The number of ketones is 1.